The fourth-order valence-electron chi connectivity index (χ4n) is 3.48. The first-order valence-corrected chi connectivity index (χ1v) is 7.36. The SMILES string of the molecule is Cl.O=C(Nc1ccc(Cl)cc1)[C@@]12CCCC[C@H]1CNC2. The second kappa shape index (κ2) is 6.33. The van der Waals surface area contributed by atoms with Gasteiger partial charge in [-0.05, 0) is 49.6 Å². The van der Waals surface area contributed by atoms with Gasteiger partial charge in [0.25, 0.3) is 0 Å². The predicted molar refractivity (Wildman–Crippen MR) is 84.6 cm³/mol. The van der Waals surface area contributed by atoms with Crippen molar-refractivity contribution in [3.63, 3.8) is 0 Å². The number of anilines is 1. The third-order valence-electron chi connectivity index (χ3n) is 4.59. The van der Waals surface area contributed by atoms with Gasteiger partial charge in [-0.3, -0.25) is 4.79 Å². The quantitative estimate of drug-likeness (QED) is 0.877. The van der Waals surface area contributed by atoms with Gasteiger partial charge in [0.15, 0.2) is 0 Å². The van der Waals surface area contributed by atoms with Crippen LogP contribution in [0.1, 0.15) is 25.7 Å². The number of carbonyl (C=O) groups excluding carboxylic acids is 1. The molecule has 0 aromatic heterocycles. The summed E-state index contributed by atoms with van der Waals surface area (Å²) in [7, 11) is 0. The van der Waals surface area contributed by atoms with Crippen molar-refractivity contribution in [2.75, 3.05) is 18.4 Å². The zero-order valence-corrected chi connectivity index (χ0v) is 12.9. The maximum Gasteiger partial charge on any atom is 0.232 e. The number of fused-ring (bicyclic) bond motifs is 1. The smallest absolute Gasteiger partial charge is 0.232 e. The summed E-state index contributed by atoms with van der Waals surface area (Å²) < 4.78 is 0. The van der Waals surface area contributed by atoms with E-state index in [4.69, 9.17) is 11.6 Å². The van der Waals surface area contributed by atoms with Crippen molar-refractivity contribution in [1.29, 1.82) is 0 Å². The zero-order valence-electron chi connectivity index (χ0n) is 11.3. The third-order valence-corrected chi connectivity index (χ3v) is 4.84. The highest BCUT2D eigenvalue weighted by Crippen LogP contribution is 2.44. The number of halogens is 2. The number of benzene rings is 1. The number of rotatable bonds is 2. The monoisotopic (exact) mass is 314 g/mol. The second-order valence-electron chi connectivity index (χ2n) is 5.69. The number of nitrogens with one attached hydrogen (secondary N) is 2. The minimum absolute atomic E-state index is 0. The Balaban J connectivity index is 0.00000147. The fourth-order valence-corrected chi connectivity index (χ4v) is 3.61. The van der Waals surface area contributed by atoms with Crippen molar-refractivity contribution < 1.29 is 4.79 Å². The molecule has 2 aliphatic rings. The molecule has 1 aliphatic carbocycles. The van der Waals surface area contributed by atoms with Crippen LogP contribution in [-0.4, -0.2) is 19.0 Å². The highest BCUT2D eigenvalue weighted by atomic mass is 35.5. The van der Waals surface area contributed by atoms with Gasteiger partial charge in [0, 0.05) is 17.3 Å². The number of amides is 1. The molecule has 110 valence electrons. The molecule has 1 aromatic carbocycles. The molecule has 0 bridgehead atoms. The number of carbonyl (C=O) groups is 1. The van der Waals surface area contributed by atoms with Crippen molar-refractivity contribution in [1.82, 2.24) is 5.32 Å². The minimum atomic E-state index is -0.197. The summed E-state index contributed by atoms with van der Waals surface area (Å²) in [4.78, 5) is 12.7. The first-order chi connectivity index (χ1) is 9.21. The molecule has 1 aliphatic heterocycles. The number of hydrogen-bond acceptors (Lipinski definition) is 2. The molecule has 20 heavy (non-hydrogen) atoms. The van der Waals surface area contributed by atoms with Crippen molar-refractivity contribution in [3.8, 4) is 0 Å². The maximum atomic E-state index is 12.7. The lowest BCUT2D eigenvalue weighted by molar-refractivity contribution is -0.128. The Bertz CT molecular complexity index is 477. The van der Waals surface area contributed by atoms with Crippen LogP contribution in [0.15, 0.2) is 24.3 Å². The second-order valence-corrected chi connectivity index (χ2v) is 6.13. The van der Waals surface area contributed by atoms with Crippen LogP contribution in [0.4, 0.5) is 5.69 Å². The van der Waals surface area contributed by atoms with Gasteiger partial charge in [-0.2, -0.15) is 0 Å². The molecule has 0 radical (unpaired) electrons. The molecule has 1 saturated carbocycles. The van der Waals surface area contributed by atoms with E-state index in [1.165, 1.54) is 12.8 Å². The lowest BCUT2D eigenvalue weighted by Gasteiger charge is -2.37. The highest BCUT2D eigenvalue weighted by Gasteiger charge is 2.49. The van der Waals surface area contributed by atoms with Crippen LogP contribution in [0.5, 0.6) is 0 Å². The normalized spacial score (nSPS) is 28.4. The van der Waals surface area contributed by atoms with Gasteiger partial charge < -0.3 is 10.6 Å². The first-order valence-electron chi connectivity index (χ1n) is 6.98. The van der Waals surface area contributed by atoms with Gasteiger partial charge in [0.05, 0.1) is 5.41 Å². The largest absolute Gasteiger partial charge is 0.326 e. The van der Waals surface area contributed by atoms with Gasteiger partial charge in [0.1, 0.15) is 0 Å². The Morgan fingerprint density at radius 3 is 2.80 bits per heavy atom. The van der Waals surface area contributed by atoms with Gasteiger partial charge in [-0.15, -0.1) is 12.4 Å². The molecule has 5 heteroatoms. The molecule has 0 spiro atoms. The van der Waals surface area contributed by atoms with Gasteiger partial charge in [-0.25, -0.2) is 0 Å². The fraction of sp³-hybridized carbons (Fsp3) is 0.533. The van der Waals surface area contributed by atoms with Gasteiger partial charge >= 0.3 is 0 Å². The molecule has 2 fully saturated rings. The lowest BCUT2D eigenvalue weighted by atomic mass is 9.67. The van der Waals surface area contributed by atoms with E-state index in [1.807, 2.05) is 12.1 Å². The van der Waals surface area contributed by atoms with E-state index in [9.17, 15) is 4.79 Å². The molecular formula is C15H20Cl2N2O. The summed E-state index contributed by atoms with van der Waals surface area (Å²) in [5, 5.41) is 7.15. The molecule has 1 aromatic rings. The maximum absolute atomic E-state index is 12.7. The minimum Gasteiger partial charge on any atom is -0.326 e. The predicted octanol–water partition coefficient (Wildman–Crippen LogP) is 3.48. The van der Waals surface area contributed by atoms with Crippen molar-refractivity contribution in [2.45, 2.75) is 25.7 Å². The highest BCUT2D eigenvalue weighted by molar-refractivity contribution is 6.30. The molecule has 1 saturated heterocycles. The molecule has 1 heterocycles. The Kier molecular flexibility index (Phi) is 4.95. The van der Waals surface area contributed by atoms with E-state index >= 15 is 0 Å². The van der Waals surface area contributed by atoms with E-state index in [-0.39, 0.29) is 23.7 Å². The van der Waals surface area contributed by atoms with E-state index in [1.54, 1.807) is 12.1 Å². The van der Waals surface area contributed by atoms with Crippen molar-refractivity contribution in [2.24, 2.45) is 11.3 Å². The summed E-state index contributed by atoms with van der Waals surface area (Å²) in [6.45, 7) is 1.80. The lowest BCUT2D eigenvalue weighted by Crippen LogP contribution is -2.44. The molecular weight excluding hydrogens is 295 g/mol. The van der Waals surface area contributed by atoms with Crippen LogP contribution in [0, 0.1) is 11.3 Å². The average Bonchev–Trinajstić information content (AvgIpc) is 2.86. The molecule has 2 N–H and O–H groups in total. The van der Waals surface area contributed by atoms with Gasteiger partial charge in [-0.1, -0.05) is 24.4 Å². The Morgan fingerprint density at radius 2 is 2.05 bits per heavy atom. The van der Waals surface area contributed by atoms with Crippen molar-refractivity contribution in [3.05, 3.63) is 29.3 Å². The third kappa shape index (κ3) is 2.80. The standard InChI is InChI=1S/C15H19ClN2O.ClH/c16-12-4-6-13(7-5-12)18-14(19)15-8-2-1-3-11(15)9-17-10-15;/h4-7,11,17H,1-3,8-10H2,(H,18,19);1H/t11-,15+;/m0./s1. The zero-order chi connectivity index (χ0) is 13.3. The molecule has 1 amide bonds. The summed E-state index contributed by atoms with van der Waals surface area (Å²) in [5.41, 5.74) is 0.637. The number of hydrogen-bond donors (Lipinski definition) is 2. The van der Waals surface area contributed by atoms with Crippen LogP contribution in [0.3, 0.4) is 0 Å². The summed E-state index contributed by atoms with van der Waals surface area (Å²) >= 11 is 5.86. The van der Waals surface area contributed by atoms with E-state index in [0.29, 0.717) is 10.9 Å². The molecule has 3 rings (SSSR count). The average molecular weight is 315 g/mol. The van der Waals surface area contributed by atoms with Gasteiger partial charge in [0.2, 0.25) is 5.91 Å². The van der Waals surface area contributed by atoms with E-state index in [0.717, 1.165) is 31.6 Å². The first kappa shape index (κ1) is 15.6. The van der Waals surface area contributed by atoms with Crippen LogP contribution in [0.2, 0.25) is 5.02 Å². The van der Waals surface area contributed by atoms with Crippen LogP contribution in [-0.2, 0) is 4.79 Å². The summed E-state index contributed by atoms with van der Waals surface area (Å²) in [6, 6.07) is 7.33. The van der Waals surface area contributed by atoms with Crippen molar-refractivity contribution >= 4 is 35.6 Å². The Labute approximate surface area is 130 Å². The van der Waals surface area contributed by atoms with E-state index in [2.05, 4.69) is 10.6 Å². The Hall–Kier alpha value is -0.770. The summed E-state index contributed by atoms with van der Waals surface area (Å²) in [5.74, 6) is 0.665. The molecule has 0 unspecified atom stereocenters. The van der Waals surface area contributed by atoms with Crippen LogP contribution in [0.25, 0.3) is 0 Å². The Morgan fingerprint density at radius 1 is 1.30 bits per heavy atom. The topological polar surface area (TPSA) is 41.1 Å². The molecule has 2 atom stereocenters. The van der Waals surface area contributed by atoms with Crippen LogP contribution >= 0.6 is 24.0 Å². The summed E-state index contributed by atoms with van der Waals surface area (Å²) in [6.07, 6.45) is 4.58. The van der Waals surface area contributed by atoms with Crippen LogP contribution < -0.4 is 10.6 Å². The van der Waals surface area contributed by atoms with E-state index < -0.39 is 0 Å². The molecule has 3 nitrogen and oxygen atoms in total.